The molecule has 2 radical (unpaired) electrons. The molecule has 0 saturated carbocycles. The maximum Gasteiger partial charge on any atom is 0.137 e. The third-order valence-electron chi connectivity index (χ3n) is 3.66. The van der Waals surface area contributed by atoms with E-state index in [9.17, 15) is 5.11 Å². The minimum atomic E-state index is -0.808. The fraction of sp³-hybridized carbons (Fsp3) is 0.333. The fourth-order valence-electron chi connectivity index (χ4n) is 2.65. The molecule has 3 rings (SSSR count). The largest absolute Gasteiger partial charge is 0.492 e. The highest BCUT2D eigenvalue weighted by Crippen LogP contribution is 2.41. The maximum absolute atomic E-state index is 9.64. The summed E-state index contributed by atoms with van der Waals surface area (Å²) in [6.45, 7) is 7.84. The third-order valence-corrected chi connectivity index (χ3v) is 3.66. The van der Waals surface area contributed by atoms with Crippen LogP contribution in [0, 0.1) is 6.92 Å². The van der Waals surface area contributed by atoms with Crippen LogP contribution in [-0.4, -0.2) is 18.5 Å². The Balaban J connectivity index is 0.000000774. The molecule has 1 aliphatic heterocycles. The van der Waals surface area contributed by atoms with E-state index in [0.29, 0.717) is 0 Å². The van der Waals surface area contributed by atoms with E-state index in [1.807, 2.05) is 64.1 Å². The van der Waals surface area contributed by atoms with Gasteiger partial charge in [0, 0.05) is 10.9 Å². The molecule has 0 aromatic heterocycles. The first-order chi connectivity index (χ1) is 10.0. The zero-order valence-corrected chi connectivity index (χ0v) is 13.1. The van der Waals surface area contributed by atoms with E-state index in [0.717, 1.165) is 33.2 Å². The Morgan fingerprint density at radius 3 is 2.43 bits per heavy atom. The first-order valence-corrected chi connectivity index (χ1v) is 7.35. The summed E-state index contributed by atoms with van der Waals surface area (Å²) in [7, 11) is 6.04. The molecule has 2 nitrogen and oxygen atoms in total. The summed E-state index contributed by atoms with van der Waals surface area (Å²) in [5, 5.41) is 11.8. The van der Waals surface area contributed by atoms with Gasteiger partial charge in [0.1, 0.15) is 13.6 Å². The van der Waals surface area contributed by atoms with Gasteiger partial charge in [0.05, 0.1) is 12.1 Å². The van der Waals surface area contributed by atoms with Crippen molar-refractivity contribution in [2.24, 2.45) is 0 Å². The second-order valence-electron chi connectivity index (χ2n) is 5.17. The summed E-state index contributed by atoms with van der Waals surface area (Å²) in [5.41, 5.74) is 2.12. The Bertz CT molecular complexity index is 687. The van der Waals surface area contributed by atoms with Crippen molar-refractivity contribution < 1.29 is 9.84 Å². The van der Waals surface area contributed by atoms with Gasteiger partial charge in [-0.25, -0.2) is 0 Å². The number of hydrogen-bond donors (Lipinski definition) is 1. The number of aliphatic hydroxyl groups excluding tert-OH is 1. The molecule has 1 atom stereocenters. The average Bonchev–Trinajstić information content (AvgIpc) is 2.50. The smallest absolute Gasteiger partial charge is 0.137 e. The number of hydrogen-bond acceptors (Lipinski definition) is 2. The molecule has 3 heteroatoms. The molecule has 2 aromatic rings. The van der Waals surface area contributed by atoms with Gasteiger partial charge >= 0.3 is 0 Å². The van der Waals surface area contributed by atoms with E-state index < -0.39 is 5.50 Å². The number of rotatable bonds is 1. The second-order valence-corrected chi connectivity index (χ2v) is 5.17. The van der Waals surface area contributed by atoms with Crippen LogP contribution in [0.15, 0.2) is 30.3 Å². The van der Waals surface area contributed by atoms with Crippen LogP contribution in [0.4, 0.5) is 0 Å². The van der Waals surface area contributed by atoms with Crippen molar-refractivity contribution in [2.45, 2.75) is 39.8 Å². The fourth-order valence-corrected chi connectivity index (χ4v) is 2.65. The van der Waals surface area contributed by atoms with Gasteiger partial charge in [0.25, 0.3) is 0 Å². The van der Waals surface area contributed by atoms with Crippen LogP contribution in [-0.2, 0) is 6.61 Å². The average molecular weight is 280 g/mol. The molecule has 108 valence electrons. The zero-order chi connectivity index (χ0) is 15.6. The highest BCUT2D eigenvalue weighted by Gasteiger charge is 2.25. The van der Waals surface area contributed by atoms with E-state index in [2.05, 4.69) is 0 Å². The standard InChI is InChI=1S/C16H15BO2.C2H6/c1-10-11-5-3-4-6-12(11)15-13(14(10)9-18)7-8-16(2,17)19-15;1-2/h3-8,18H,9H2,1-2H3;1-2H3. The Kier molecular flexibility index (Phi) is 4.43. The predicted octanol–water partition coefficient (Wildman–Crippen LogP) is 3.96. The molecule has 2 aromatic carbocycles. The van der Waals surface area contributed by atoms with Crippen molar-refractivity contribution in [3.8, 4) is 5.75 Å². The maximum atomic E-state index is 9.64. The van der Waals surface area contributed by atoms with Crippen molar-refractivity contribution in [1.82, 2.24) is 0 Å². The topological polar surface area (TPSA) is 29.5 Å². The third kappa shape index (κ3) is 2.70. The van der Waals surface area contributed by atoms with Crippen LogP contribution in [0.1, 0.15) is 37.5 Å². The number of aliphatic hydroxyl groups is 1. The summed E-state index contributed by atoms with van der Waals surface area (Å²) in [4.78, 5) is 0. The van der Waals surface area contributed by atoms with Crippen LogP contribution < -0.4 is 4.74 Å². The first kappa shape index (κ1) is 15.6. The Labute approximate surface area is 127 Å². The van der Waals surface area contributed by atoms with Gasteiger partial charge in [-0.1, -0.05) is 50.3 Å². The van der Waals surface area contributed by atoms with Gasteiger partial charge in [0.15, 0.2) is 0 Å². The van der Waals surface area contributed by atoms with Crippen LogP contribution >= 0.6 is 0 Å². The number of fused-ring (bicyclic) bond motifs is 3. The van der Waals surface area contributed by atoms with Crippen LogP contribution in [0.25, 0.3) is 16.8 Å². The van der Waals surface area contributed by atoms with Crippen LogP contribution in [0.3, 0.4) is 0 Å². The number of aryl methyl sites for hydroxylation is 1. The van der Waals surface area contributed by atoms with Crippen molar-refractivity contribution in [1.29, 1.82) is 0 Å². The van der Waals surface area contributed by atoms with E-state index >= 15 is 0 Å². The highest BCUT2D eigenvalue weighted by molar-refractivity contribution is 6.17. The quantitative estimate of drug-likeness (QED) is 0.801. The molecular formula is C18H21BO2. The molecule has 0 amide bonds. The molecule has 0 fully saturated rings. The minimum Gasteiger partial charge on any atom is -0.492 e. The lowest BCUT2D eigenvalue weighted by Crippen LogP contribution is -2.32. The Morgan fingerprint density at radius 2 is 1.81 bits per heavy atom. The van der Waals surface area contributed by atoms with Gasteiger partial charge in [-0.15, -0.1) is 0 Å². The lowest BCUT2D eigenvalue weighted by Gasteiger charge is -2.31. The lowest BCUT2D eigenvalue weighted by atomic mass is 9.80. The molecule has 0 bridgehead atoms. The van der Waals surface area contributed by atoms with Gasteiger partial charge in [0.2, 0.25) is 0 Å². The predicted molar refractivity (Wildman–Crippen MR) is 89.8 cm³/mol. The van der Waals surface area contributed by atoms with E-state index in [4.69, 9.17) is 12.6 Å². The van der Waals surface area contributed by atoms with Crippen LogP contribution in [0.5, 0.6) is 5.75 Å². The molecule has 0 aliphatic carbocycles. The summed E-state index contributed by atoms with van der Waals surface area (Å²) >= 11 is 0. The summed E-state index contributed by atoms with van der Waals surface area (Å²) < 4.78 is 5.91. The van der Waals surface area contributed by atoms with Gasteiger partial charge in [-0.2, -0.15) is 0 Å². The molecule has 1 heterocycles. The minimum absolute atomic E-state index is 0.00597. The van der Waals surface area contributed by atoms with Crippen molar-refractivity contribution in [3.63, 3.8) is 0 Å². The second kappa shape index (κ2) is 5.94. The van der Waals surface area contributed by atoms with Crippen molar-refractivity contribution in [2.75, 3.05) is 0 Å². The van der Waals surface area contributed by atoms with Crippen LogP contribution in [0.2, 0.25) is 0 Å². The Morgan fingerprint density at radius 1 is 1.19 bits per heavy atom. The molecule has 0 saturated heterocycles. The molecule has 1 aliphatic rings. The SMILES string of the molecule is CC.[B]C1(C)C=Cc2c(CO)c(C)c3ccccc3c2O1. The van der Waals surface area contributed by atoms with Gasteiger partial charge in [-0.3, -0.25) is 0 Å². The monoisotopic (exact) mass is 280 g/mol. The van der Waals surface area contributed by atoms with Gasteiger partial charge < -0.3 is 9.84 Å². The summed E-state index contributed by atoms with van der Waals surface area (Å²) in [6.07, 6.45) is 3.77. The molecule has 1 N–H and O–H groups in total. The normalized spacial score (nSPS) is 19.5. The molecule has 1 unspecified atom stereocenters. The number of benzene rings is 2. The Hall–Kier alpha value is -1.74. The van der Waals surface area contributed by atoms with E-state index in [-0.39, 0.29) is 6.61 Å². The van der Waals surface area contributed by atoms with Crippen molar-refractivity contribution >= 4 is 24.7 Å². The molecule has 21 heavy (non-hydrogen) atoms. The molecule has 0 spiro atoms. The first-order valence-electron chi connectivity index (χ1n) is 7.35. The van der Waals surface area contributed by atoms with Crippen molar-refractivity contribution in [3.05, 3.63) is 47.0 Å². The van der Waals surface area contributed by atoms with E-state index in [1.54, 1.807) is 0 Å². The highest BCUT2D eigenvalue weighted by atomic mass is 16.5. The molecular weight excluding hydrogens is 259 g/mol. The summed E-state index contributed by atoms with van der Waals surface area (Å²) in [5.74, 6) is 0.762. The number of ether oxygens (including phenoxy) is 1. The van der Waals surface area contributed by atoms with E-state index in [1.165, 1.54) is 0 Å². The zero-order valence-electron chi connectivity index (χ0n) is 13.1. The van der Waals surface area contributed by atoms with Gasteiger partial charge in [-0.05, 0) is 30.4 Å². The summed E-state index contributed by atoms with van der Waals surface area (Å²) in [6, 6.07) is 8.04. The lowest BCUT2D eigenvalue weighted by molar-refractivity contribution is 0.225.